The molecule has 6 nitrogen and oxygen atoms in total. The number of benzene rings is 1. The van der Waals surface area contributed by atoms with Gasteiger partial charge >= 0.3 is 5.97 Å². The number of carboxylic acid groups (broad SMARTS) is 1. The van der Waals surface area contributed by atoms with Gasteiger partial charge in [-0.2, -0.15) is 0 Å². The highest BCUT2D eigenvalue weighted by Crippen LogP contribution is 2.23. The van der Waals surface area contributed by atoms with Crippen molar-refractivity contribution in [2.24, 2.45) is 0 Å². The van der Waals surface area contributed by atoms with E-state index >= 15 is 0 Å². The molecule has 1 aromatic heterocycles. The van der Waals surface area contributed by atoms with Gasteiger partial charge in [-0.25, -0.2) is 17.9 Å². The standard InChI is InChI=1S/C13H12BrNO5S/c1-8(12-3-2-6-20-12)15-21(18,19)9-4-5-11(14)10(7-9)13(16)17/h2-8,15H,1H3,(H,16,17)/t8-/m1/s1. The van der Waals surface area contributed by atoms with Crippen molar-refractivity contribution < 1.29 is 22.7 Å². The summed E-state index contributed by atoms with van der Waals surface area (Å²) in [4.78, 5) is 10.9. The molecule has 2 aromatic rings. The molecule has 2 rings (SSSR count). The zero-order valence-electron chi connectivity index (χ0n) is 10.9. The van der Waals surface area contributed by atoms with Crippen molar-refractivity contribution in [3.05, 3.63) is 52.4 Å². The van der Waals surface area contributed by atoms with Gasteiger partial charge in [0, 0.05) is 4.47 Å². The first-order valence-electron chi connectivity index (χ1n) is 5.90. The van der Waals surface area contributed by atoms with E-state index in [1.165, 1.54) is 18.4 Å². The predicted molar refractivity (Wildman–Crippen MR) is 78.5 cm³/mol. The molecule has 0 bridgehead atoms. The van der Waals surface area contributed by atoms with E-state index in [0.29, 0.717) is 10.2 Å². The fraction of sp³-hybridized carbons (Fsp3) is 0.154. The first kappa shape index (κ1) is 15.7. The zero-order valence-corrected chi connectivity index (χ0v) is 13.3. The smallest absolute Gasteiger partial charge is 0.336 e. The van der Waals surface area contributed by atoms with Crippen molar-refractivity contribution in [3.8, 4) is 0 Å². The third kappa shape index (κ3) is 3.52. The number of sulfonamides is 1. The molecule has 0 aliphatic heterocycles. The first-order chi connectivity index (χ1) is 9.81. The molecule has 0 saturated heterocycles. The van der Waals surface area contributed by atoms with E-state index in [-0.39, 0.29) is 10.5 Å². The summed E-state index contributed by atoms with van der Waals surface area (Å²) >= 11 is 3.07. The van der Waals surface area contributed by atoms with Gasteiger partial charge in [0.15, 0.2) is 0 Å². The summed E-state index contributed by atoms with van der Waals surface area (Å²) in [7, 11) is -3.85. The van der Waals surface area contributed by atoms with Crippen LogP contribution in [-0.2, 0) is 10.0 Å². The Kier molecular flexibility index (Phi) is 4.50. The Morgan fingerprint density at radius 2 is 2.10 bits per heavy atom. The number of carbonyl (C=O) groups is 1. The SMILES string of the molecule is C[C@@H](NS(=O)(=O)c1ccc(Br)c(C(=O)O)c1)c1ccco1. The molecule has 0 aliphatic carbocycles. The Morgan fingerprint density at radius 1 is 1.38 bits per heavy atom. The molecule has 0 spiro atoms. The van der Waals surface area contributed by atoms with Crippen LogP contribution in [0, 0.1) is 0 Å². The Bertz CT molecular complexity index is 755. The van der Waals surface area contributed by atoms with Gasteiger partial charge in [-0.1, -0.05) is 0 Å². The van der Waals surface area contributed by atoms with Crippen LogP contribution in [0.5, 0.6) is 0 Å². The van der Waals surface area contributed by atoms with Crippen LogP contribution in [0.1, 0.15) is 29.1 Å². The number of carboxylic acids is 1. The highest BCUT2D eigenvalue weighted by Gasteiger charge is 2.22. The number of aromatic carboxylic acids is 1. The van der Waals surface area contributed by atoms with E-state index in [0.717, 1.165) is 6.07 Å². The Labute approximate surface area is 130 Å². The van der Waals surface area contributed by atoms with Gasteiger partial charge in [0.2, 0.25) is 10.0 Å². The van der Waals surface area contributed by atoms with Crippen LogP contribution in [0.2, 0.25) is 0 Å². The number of halogens is 1. The zero-order chi connectivity index (χ0) is 15.6. The Hall–Kier alpha value is -1.64. The fourth-order valence-corrected chi connectivity index (χ4v) is 3.39. The summed E-state index contributed by atoms with van der Waals surface area (Å²) in [5.41, 5.74) is -0.122. The van der Waals surface area contributed by atoms with Crippen LogP contribution in [0.3, 0.4) is 0 Å². The predicted octanol–water partition coefficient (Wildman–Crippen LogP) is 2.78. The number of rotatable bonds is 5. The maximum Gasteiger partial charge on any atom is 0.336 e. The lowest BCUT2D eigenvalue weighted by Crippen LogP contribution is -2.26. The minimum Gasteiger partial charge on any atom is -0.478 e. The van der Waals surface area contributed by atoms with Crippen LogP contribution in [0.4, 0.5) is 0 Å². The van der Waals surface area contributed by atoms with Crippen molar-refractivity contribution in [1.29, 1.82) is 0 Å². The van der Waals surface area contributed by atoms with Gasteiger partial charge in [-0.15, -0.1) is 0 Å². The molecule has 0 fully saturated rings. The summed E-state index contributed by atoms with van der Waals surface area (Å²) in [6.45, 7) is 1.63. The van der Waals surface area contributed by atoms with E-state index < -0.39 is 22.0 Å². The molecule has 0 amide bonds. The van der Waals surface area contributed by atoms with Crippen molar-refractivity contribution in [3.63, 3.8) is 0 Å². The van der Waals surface area contributed by atoms with Gasteiger partial charge in [-0.3, -0.25) is 0 Å². The molecule has 1 atom stereocenters. The molecule has 0 unspecified atom stereocenters. The summed E-state index contributed by atoms with van der Waals surface area (Å²) in [6.07, 6.45) is 1.45. The van der Waals surface area contributed by atoms with Crippen molar-refractivity contribution in [2.75, 3.05) is 0 Å². The van der Waals surface area contributed by atoms with Gasteiger partial charge in [0.1, 0.15) is 5.76 Å². The molecule has 2 N–H and O–H groups in total. The molecule has 1 aromatic carbocycles. The molecule has 0 saturated carbocycles. The number of hydrogen-bond donors (Lipinski definition) is 2. The minimum atomic E-state index is -3.85. The molecule has 112 valence electrons. The normalized spacial score (nSPS) is 13.0. The monoisotopic (exact) mass is 373 g/mol. The van der Waals surface area contributed by atoms with E-state index in [1.54, 1.807) is 19.1 Å². The third-order valence-corrected chi connectivity index (χ3v) is 5.01. The van der Waals surface area contributed by atoms with Gasteiger partial charge in [-0.05, 0) is 53.2 Å². The molecular weight excluding hydrogens is 362 g/mol. The lowest BCUT2D eigenvalue weighted by atomic mass is 10.2. The van der Waals surface area contributed by atoms with Crippen LogP contribution in [0.15, 0.2) is 50.4 Å². The van der Waals surface area contributed by atoms with Crippen LogP contribution >= 0.6 is 15.9 Å². The molecule has 0 aliphatic rings. The number of nitrogens with one attached hydrogen (secondary N) is 1. The highest BCUT2D eigenvalue weighted by atomic mass is 79.9. The van der Waals surface area contributed by atoms with Gasteiger partial charge in [0.05, 0.1) is 22.8 Å². The summed E-state index contributed by atoms with van der Waals surface area (Å²) in [6, 6.07) is 6.55. The van der Waals surface area contributed by atoms with Crippen LogP contribution in [-0.4, -0.2) is 19.5 Å². The maximum absolute atomic E-state index is 12.3. The van der Waals surface area contributed by atoms with Gasteiger partial charge in [0.25, 0.3) is 0 Å². The third-order valence-electron chi connectivity index (χ3n) is 2.78. The lowest BCUT2D eigenvalue weighted by molar-refractivity contribution is 0.0695. The van der Waals surface area contributed by atoms with E-state index in [9.17, 15) is 13.2 Å². The van der Waals surface area contributed by atoms with E-state index in [1.807, 2.05) is 0 Å². The van der Waals surface area contributed by atoms with Crippen molar-refractivity contribution in [1.82, 2.24) is 4.72 Å². The second kappa shape index (κ2) is 6.00. The fourth-order valence-electron chi connectivity index (χ4n) is 1.73. The average Bonchev–Trinajstić information content (AvgIpc) is 2.92. The largest absolute Gasteiger partial charge is 0.478 e. The molecule has 21 heavy (non-hydrogen) atoms. The van der Waals surface area contributed by atoms with Crippen molar-refractivity contribution >= 4 is 31.9 Å². The summed E-state index contributed by atoms with van der Waals surface area (Å²) in [5, 5.41) is 9.03. The van der Waals surface area contributed by atoms with Crippen LogP contribution in [0.25, 0.3) is 0 Å². The van der Waals surface area contributed by atoms with Crippen molar-refractivity contribution in [2.45, 2.75) is 17.9 Å². The molecule has 0 radical (unpaired) electrons. The second-order valence-corrected chi connectivity index (χ2v) is 6.87. The lowest BCUT2D eigenvalue weighted by Gasteiger charge is -2.12. The molecule has 1 heterocycles. The molecular formula is C13H12BrNO5S. The average molecular weight is 374 g/mol. The van der Waals surface area contributed by atoms with E-state index in [2.05, 4.69) is 20.7 Å². The summed E-state index contributed by atoms with van der Waals surface area (Å²) in [5.74, 6) is -0.743. The first-order valence-corrected chi connectivity index (χ1v) is 8.17. The Morgan fingerprint density at radius 3 is 2.67 bits per heavy atom. The maximum atomic E-state index is 12.3. The second-order valence-electron chi connectivity index (χ2n) is 4.31. The summed E-state index contributed by atoms with van der Waals surface area (Å²) < 4.78 is 32.4. The van der Waals surface area contributed by atoms with E-state index in [4.69, 9.17) is 9.52 Å². The molecule has 8 heteroatoms. The van der Waals surface area contributed by atoms with Gasteiger partial charge < -0.3 is 9.52 Å². The number of furan rings is 1. The Balaban J connectivity index is 2.32. The topological polar surface area (TPSA) is 96.6 Å². The van der Waals surface area contributed by atoms with Crippen LogP contribution < -0.4 is 4.72 Å². The highest BCUT2D eigenvalue weighted by molar-refractivity contribution is 9.10. The number of hydrogen-bond acceptors (Lipinski definition) is 4. The minimum absolute atomic E-state index is 0.122. The quantitative estimate of drug-likeness (QED) is 0.839.